The van der Waals surface area contributed by atoms with Crippen LogP contribution in [0.15, 0.2) is 24.3 Å². The third-order valence-corrected chi connectivity index (χ3v) is 7.04. The number of fused-ring (bicyclic) bond motifs is 1. The van der Waals surface area contributed by atoms with E-state index < -0.39 is 10.8 Å². The number of nitro benzene ring substituents is 1. The van der Waals surface area contributed by atoms with E-state index in [-0.39, 0.29) is 18.1 Å². The summed E-state index contributed by atoms with van der Waals surface area (Å²) < 4.78 is 0. The summed E-state index contributed by atoms with van der Waals surface area (Å²) in [7, 11) is 0. The van der Waals surface area contributed by atoms with E-state index in [1.807, 2.05) is 0 Å². The number of nitrogens with two attached hydrogens (primary N) is 1. The first-order valence-corrected chi connectivity index (χ1v) is 11.2. The molecule has 2 heterocycles. The fourth-order valence-electron chi connectivity index (χ4n) is 4.23. The average Bonchev–Trinajstić information content (AvgIpc) is 3.12. The Morgan fingerprint density at radius 2 is 1.77 bits per heavy atom. The number of amides is 2. The number of benzene rings is 1. The van der Waals surface area contributed by atoms with Crippen LogP contribution < -0.4 is 16.0 Å². The summed E-state index contributed by atoms with van der Waals surface area (Å²) in [6.45, 7) is 3.10. The van der Waals surface area contributed by atoms with Gasteiger partial charge in [-0.15, -0.1) is 11.3 Å². The summed E-state index contributed by atoms with van der Waals surface area (Å²) >= 11 is 1.47. The maximum absolute atomic E-state index is 12.6. The Labute approximate surface area is 184 Å². The van der Waals surface area contributed by atoms with Crippen LogP contribution in [0.5, 0.6) is 0 Å². The number of non-ortho nitro benzene ring substituents is 1. The largest absolute Gasteiger partial charge is 0.369 e. The van der Waals surface area contributed by atoms with Crippen LogP contribution in [0, 0.1) is 10.1 Å². The van der Waals surface area contributed by atoms with Crippen LogP contribution in [-0.2, 0) is 17.6 Å². The van der Waals surface area contributed by atoms with E-state index in [0.717, 1.165) is 54.9 Å². The van der Waals surface area contributed by atoms with Crippen LogP contribution in [0.2, 0.25) is 0 Å². The molecule has 0 radical (unpaired) electrons. The van der Waals surface area contributed by atoms with Gasteiger partial charge in [0.25, 0.3) is 11.6 Å². The minimum absolute atomic E-state index is 0.0737. The zero-order valence-corrected chi connectivity index (χ0v) is 18.0. The van der Waals surface area contributed by atoms with Gasteiger partial charge in [0, 0.05) is 48.9 Å². The fourth-order valence-corrected chi connectivity index (χ4v) is 5.54. The van der Waals surface area contributed by atoms with Crippen LogP contribution in [0.4, 0.5) is 16.4 Å². The van der Waals surface area contributed by atoms with Gasteiger partial charge in [-0.1, -0.05) is 0 Å². The first-order chi connectivity index (χ1) is 14.9. The molecule has 3 N–H and O–H groups in total. The molecule has 164 valence electrons. The van der Waals surface area contributed by atoms with Gasteiger partial charge in [0.15, 0.2) is 0 Å². The molecule has 1 aromatic heterocycles. The molecule has 1 fully saturated rings. The zero-order chi connectivity index (χ0) is 22.0. The molecule has 1 aliphatic carbocycles. The molecule has 0 saturated carbocycles. The number of thiophene rings is 1. The molecule has 31 heavy (non-hydrogen) atoms. The highest BCUT2D eigenvalue weighted by Gasteiger charge is 2.26. The summed E-state index contributed by atoms with van der Waals surface area (Å²) in [5.74, 6) is -0.628. The monoisotopic (exact) mass is 443 g/mol. The number of nitrogens with one attached hydrogen (secondary N) is 1. The molecular formula is C21H25N5O4S. The van der Waals surface area contributed by atoms with Crippen molar-refractivity contribution in [1.82, 2.24) is 4.90 Å². The van der Waals surface area contributed by atoms with E-state index in [1.54, 1.807) is 12.1 Å². The van der Waals surface area contributed by atoms with Crippen molar-refractivity contribution in [2.24, 2.45) is 5.73 Å². The fraction of sp³-hybridized carbons (Fsp3) is 0.429. The highest BCUT2D eigenvalue weighted by atomic mass is 32.1. The molecule has 4 rings (SSSR count). The molecule has 1 aliphatic heterocycles. The van der Waals surface area contributed by atoms with Gasteiger partial charge < -0.3 is 16.0 Å². The Kier molecular flexibility index (Phi) is 6.19. The number of hydrogen-bond acceptors (Lipinski definition) is 7. The molecule has 0 spiro atoms. The van der Waals surface area contributed by atoms with Gasteiger partial charge in [-0.25, -0.2) is 0 Å². The van der Waals surface area contributed by atoms with Crippen LogP contribution in [0.3, 0.4) is 0 Å². The topological polar surface area (TPSA) is 122 Å². The molecule has 0 bridgehead atoms. The summed E-state index contributed by atoms with van der Waals surface area (Å²) in [6.07, 6.45) is 3.90. The Bertz CT molecular complexity index is 996. The minimum Gasteiger partial charge on any atom is -0.369 e. The van der Waals surface area contributed by atoms with Crippen molar-refractivity contribution < 1.29 is 14.5 Å². The first-order valence-electron chi connectivity index (χ1n) is 10.4. The van der Waals surface area contributed by atoms with Gasteiger partial charge >= 0.3 is 0 Å². The number of nitro groups is 1. The van der Waals surface area contributed by atoms with E-state index in [9.17, 15) is 19.7 Å². The minimum atomic E-state index is -0.480. The Balaban J connectivity index is 1.33. The van der Waals surface area contributed by atoms with Crippen molar-refractivity contribution in [3.8, 4) is 0 Å². The number of carbonyl (C=O) groups is 2. The van der Waals surface area contributed by atoms with Gasteiger partial charge in [-0.3, -0.25) is 24.6 Å². The van der Waals surface area contributed by atoms with Crippen molar-refractivity contribution in [3.05, 3.63) is 50.4 Å². The lowest BCUT2D eigenvalue weighted by molar-refractivity contribution is -0.384. The highest BCUT2D eigenvalue weighted by molar-refractivity contribution is 7.17. The summed E-state index contributed by atoms with van der Waals surface area (Å²) in [6, 6.07) is 6.52. The number of carbonyl (C=O) groups excluding carboxylic acids is 2. The molecule has 2 aromatic rings. The number of nitrogens with zero attached hydrogens (tertiary/aromatic N) is 3. The highest BCUT2D eigenvalue weighted by Crippen LogP contribution is 2.37. The van der Waals surface area contributed by atoms with Crippen LogP contribution in [-0.4, -0.2) is 54.4 Å². The lowest BCUT2D eigenvalue weighted by atomic mass is 9.95. The molecular weight excluding hydrogens is 418 g/mol. The Hall–Kier alpha value is -2.98. The van der Waals surface area contributed by atoms with Crippen LogP contribution >= 0.6 is 11.3 Å². The van der Waals surface area contributed by atoms with E-state index in [4.69, 9.17) is 5.73 Å². The lowest BCUT2D eigenvalue weighted by Crippen LogP contribution is -2.48. The van der Waals surface area contributed by atoms with Crippen molar-refractivity contribution >= 4 is 39.5 Å². The van der Waals surface area contributed by atoms with E-state index in [2.05, 4.69) is 15.1 Å². The van der Waals surface area contributed by atoms with Gasteiger partial charge in [0.05, 0.1) is 17.0 Å². The third-order valence-electron chi connectivity index (χ3n) is 5.84. The zero-order valence-electron chi connectivity index (χ0n) is 17.1. The maximum Gasteiger partial charge on any atom is 0.269 e. The van der Waals surface area contributed by atoms with Gasteiger partial charge in [-0.05, 0) is 43.4 Å². The Morgan fingerprint density at radius 3 is 2.42 bits per heavy atom. The summed E-state index contributed by atoms with van der Waals surface area (Å²) in [5.41, 5.74) is 8.10. The molecule has 0 atom stereocenters. The number of piperazine rings is 1. The van der Waals surface area contributed by atoms with Crippen molar-refractivity contribution in [2.45, 2.75) is 25.7 Å². The molecule has 0 unspecified atom stereocenters. The second-order valence-electron chi connectivity index (χ2n) is 7.86. The quantitative estimate of drug-likeness (QED) is 0.522. The molecule has 2 aliphatic rings. The Morgan fingerprint density at radius 1 is 1.10 bits per heavy atom. The van der Waals surface area contributed by atoms with Crippen molar-refractivity contribution in [3.63, 3.8) is 0 Å². The van der Waals surface area contributed by atoms with Crippen LogP contribution in [0.25, 0.3) is 0 Å². The van der Waals surface area contributed by atoms with E-state index in [1.165, 1.54) is 23.5 Å². The number of rotatable bonds is 6. The predicted molar refractivity (Wildman–Crippen MR) is 120 cm³/mol. The second-order valence-corrected chi connectivity index (χ2v) is 8.97. The molecule has 2 amide bonds. The smallest absolute Gasteiger partial charge is 0.269 e. The van der Waals surface area contributed by atoms with Crippen molar-refractivity contribution in [2.75, 3.05) is 42.9 Å². The first kappa shape index (κ1) is 21.3. The molecule has 1 aromatic carbocycles. The molecule has 10 heteroatoms. The number of primary amides is 1. The number of aryl methyl sites for hydroxylation is 1. The third kappa shape index (κ3) is 4.70. The van der Waals surface area contributed by atoms with Gasteiger partial charge in [0.1, 0.15) is 5.00 Å². The normalized spacial score (nSPS) is 16.6. The lowest BCUT2D eigenvalue weighted by Gasteiger charge is -2.35. The maximum atomic E-state index is 12.6. The summed E-state index contributed by atoms with van der Waals surface area (Å²) in [5, 5.41) is 14.3. The van der Waals surface area contributed by atoms with Gasteiger partial charge in [-0.2, -0.15) is 0 Å². The standard InChI is InChI=1S/C21H25N5O4S/c22-20(28)19-16-3-1-2-4-17(16)31-21(19)23-18(27)13-24-9-11-25(12-10-24)14-5-7-15(8-6-14)26(29)30/h5-8H,1-4,9-13H2,(H2,22,28)(H,23,27). The van der Waals surface area contributed by atoms with E-state index in [0.29, 0.717) is 23.7 Å². The van der Waals surface area contributed by atoms with Crippen LogP contribution in [0.1, 0.15) is 33.6 Å². The molecule has 9 nitrogen and oxygen atoms in total. The molecule has 1 saturated heterocycles. The number of anilines is 2. The van der Waals surface area contributed by atoms with Crippen molar-refractivity contribution in [1.29, 1.82) is 0 Å². The average molecular weight is 444 g/mol. The number of hydrogen-bond donors (Lipinski definition) is 2. The second kappa shape index (κ2) is 9.03. The predicted octanol–water partition coefficient (Wildman–Crippen LogP) is 2.39. The van der Waals surface area contributed by atoms with E-state index >= 15 is 0 Å². The SMILES string of the molecule is NC(=O)c1c(NC(=O)CN2CCN(c3ccc([N+](=O)[O-])cc3)CC2)sc2c1CCCC2. The van der Waals surface area contributed by atoms with Gasteiger partial charge in [0.2, 0.25) is 5.91 Å². The summed E-state index contributed by atoms with van der Waals surface area (Å²) in [4.78, 5) is 40.4.